The van der Waals surface area contributed by atoms with Gasteiger partial charge in [0.25, 0.3) is 5.91 Å². The van der Waals surface area contributed by atoms with Crippen molar-refractivity contribution in [3.05, 3.63) is 33.3 Å². The Kier molecular flexibility index (Phi) is 5.25. The van der Waals surface area contributed by atoms with Gasteiger partial charge in [-0.15, -0.1) is 0 Å². The van der Waals surface area contributed by atoms with Crippen LogP contribution in [0.4, 0.5) is 0 Å². The number of carbonyl (C=O) groups excluding carboxylic acids is 1. The number of carbonyl (C=O) groups is 1. The Hall–Kier alpha value is -0.580. The Balaban J connectivity index is 1.90. The maximum absolute atomic E-state index is 12.0. The summed E-state index contributed by atoms with van der Waals surface area (Å²) >= 11 is 9.35. The van der Waals surface area contributed by atoms with Crippen molar-refractivity contribution in [2.75, 3.05) is 6.54 Å². The molecule has 1 aromatic rings. The monoisotopic (exact) mass is 345 g/mol. The van der Waals surface area contributed by atoms with Crippen LogP contribution in [0, 0.1) is 5.92 Å². The van der Waals surface area contributed by atoms with Crippen LogP contribution in [-0.2, 0) is 0 Å². The van der Waals surface area contributed by atoms with Crippen LogP contribution in [0.15, 0.2) is 22.7 Å². The van der Waals surface area contributed by atoms with Gasteiger partial charge in [-0.2, -0.15) is 0 Å². The molecule has 2 unspecified atom stereocenters. The fourth-order valence-electron chi connectivity index (χ4n) is 2.45. The van der Waals surface area contributed by atoms with E-state index in [4.69, 9.17) is 11.6 Å². The molecule has 0 heterocycles. The maximum atomic E-state index is 12.0. The van der Waals surface area contributed by atoms with Crippen LogP contribution in [0.25, 0.3) is 0 Å². The van der Waals surface area contributed by atoms with Crippen LogP contribution in [0.2, 0.25) is 5.02 Å². The highest BCUT2D eigenvalue weighted by atomic mass is 79.9. The van der Waals surface area contributed by atoms with Crippen LogP contribution in [0.5, 0.6) is 0 Å². The van der Waals surface area contributed by atoms with Gasteiger partial charge in [0.2, 0.25) is 0 Å². The average molecular weight is 347 g/mol. The average Bonchev–Trinajstić information content (AvgIpc) is 2.36. The van der Waals surface area contributed by atoms with E-state index in [0.717, 1.165) is 30.2 Å². The van der Waals surface area contributed by atoms with Crippen molar-refractivity contribution < 1.29 is 9.90 Å². The lowest BCUT2D eigenvalue weighted by Gasteiger charge is -2.25. The van der Waals surface area contributed by atoms with Gasteiger partial charge in [0.15, 0.2) is 0 Å². The molecule has 0 saturated heterocycles. The van der Waals surface area contributed by atoms with E-state index in [1.165, 1.54) is 0 Å². The van der Waals surface area contributed by atoms with Gasteiger partial charge in [-0.3, -0.25) is 4.79 Å². The number of nitrogens with one attached hydrogen (secondary N) is 1. The Bertz CT molecular complexity index is 467. The Morgan fingerprint density at radius 3 is 2.95 bits per heavy atom. The minimum absolute atomic E-state index is 0.155. The topological polar surface area (TPSA) is 49.3 Å². The number of rotatable bonds is 3. The molecule has 1 aliphatic rings. The van der Waals surface area contributed by atoms with Crippen molar-refractivity contribution in [1.29, 1.82) is 0 Å². The molecule has 0 bridgehead atoms. The molecular weight excluding hydrogens is 330 g/mol. The summed E-state index contributed by atoms with van der Waals surface area (Å²) in [5.74, 6) is 0.208. The largest absolute Gasteiger partial charge is 0.393 e. The Labute approximate surface area is 126 Å². The molecule has 1 amide bonds. The lowest BCUT2D eigenvalue weighted by Crippen LogP contribution is -2.33. The van der Waals surface area contributed by atoms with E-state index in [2.05, 4.69) is 21.2 Å². The molecule has 1 aromatic carbocycles. The Morgan fingerprint density at radius 1 is 1.47 bits per heavy atom. The summed E-state index contributed by atoms with van der Waals surface area (Å²) in [7, 11) is 0. The molecule has 5 heteroatoms. The van der Waals surface area contributed by atoms with Gasteiger partial charge in [-0.05, 0) is 43.4 Å². The minimum atomic E-state index is -0.216. The zero-order valence-corrected chi connectivity index (χ0v) is 12.9. The second kappa shape index (κ2) is 6.73. The third kappa shape index (κ3) is 4.20. The van der Waals surface area contributed by atoms with Crippen LogP contribution in [0.1, 0.15) is 36.0 Å². The maximum Gasteiger partial charge on any atom is 0.252 e. The lowest BCUT2D eigenvalue weighted by atomic mass is 9.87. The van der Waals surface area contributed by atoms with E-state index in [1.807, 2.05) is 0 Å². The smallest absolute Gasteiger partial charge is 0.252 e. The van der Waals surface area contributed by atoms with Crippen LogP contribution in [0.3, 0.4) is 0 Å². The van der Waals surface area contributed by atoms with Gasteiger partial charge in [0.1, 0.15) is 0 Å². The molecule has 19 heavy (non-hydrogen) atoms. The molecule has 1 saturated carbocycles. The molecule has 1 fully saturated rings. The molecular formula is C14H17BrClNO2. The van der Waals surface area contributed by atoms with Crippen molar-refractivity contribution >= 4 is 33.4 Å². The van der Waals surface area contributed by atoms with Crippen molar-refractivity contribution in [2.45, 2.75) is 31.8 Å². The normalized spacial score (nSPS) is 23.1. The number of benzene rings is 1. The van der Waals surface area contributed by atoms with E-state index in [-0.39, 0.29) is 12.0 Å². The molecule has 2 rings (SSSR count). The van der Waals surface area contributed by atoms with Crippen molar-refractivity contribution in [3.8, 4) is 0 Å². The van der Waals surface area contributed by atoms with E-state index >= 15 is 0 Å². The third-order valence-corrected chi connectivity index (χ3v) is 4.29. The first kappa shape index (κ1) is 14.8. The number of hydrogen-bond acceptors (Lipinski definition) is 2. The molecule has 3 nitrogen and oxygen atoms in total. The van der Waals surface area contributed by atoms with Crippen molar-refractivity contribution in [3.63, 3.8) is 0 Å². The highest BCUT2D eigenvalue weighted by molar-refractivity contribution is 9.10. The highest BCUT2D eigenvalue weighted by Gasteiger charge is 2.21. The summed E-state index contributed by atoms with van der Waals surface area (Å²) in [4.78, 5) is 12.0. The van der Waals surface area contributed by atoms with Crippen LogP contribution >= 0.6 is 27.5 Å². The second-order valence-corrected chi connectivity index (χ2v) is 6.34. The molecule has 0 aliphatic heterocycles. The van der Waals surface area contributed by atoms with Gasteiger partial charge in [0, 0.05) is 11.0 Å². The molecule has 0 spiro atoms. The predicted octanol–water partition coefficient (Wildman–Crippen LogP) is 3.38. The van der Waals surface area contributed by atoms with Gasteiger partial charge < -0.3 is 10.4 Å². The number of aliphatic hydroxyl groups is 1. The zero-order chi connectivity index (χ0) is 13.8. The fraction of sp³-hybridized carbons (Fsp3) is 0.500. The first-order chi connectivity index (χ1) is 9.06. The first-order valence-corrected chi connectivity index (χ1v) is 7.64. The summed E-state index contributed by atoms with van der Waals surface area (Å²) in [6.45, 7) is 0.599. The number of aliphatic hydroxyl groups excluding tert-OH is 1. The SMILES string of the molecule is O=C(NCC1CCCC(O)C1)c1ccc(Br)cc1Cl. The molecule has 2 atom stereocenters. The number of amides is 1. The van der Waals surface area contributed by atoms with Gasteiger partial charge in [0.05, 0.1) is 16.7 Å². The first-order valence-electron chi connectivity index (χ1n) is 6.47. The number of halogens is 2. The van der Waals surface area contributed by atoms with E-state index in [1.54, 1.807) is 18.2 Å². The molecule has 2 N–H and O–H groups in total. The van der Waals surface area contributed by atoms with E-state index in [9.17, 15) is 9.90 Å². The summed E-state index contributed by atoms with van der Waals surface area (Å²) in [6, 6.07) is 5.21. The predicted molar refractivity (Wildman–Crippen MR) is 79.5 cm³/mol. The van der Waals surface area contributed by atoms with Gasteiger partial charge in [-0.1, -0.05) is 34.0 Å². The van der Waals surface area contributed by atoms with E-state index < -0.39 is 0 Å². The molecule has 0 aromatic heterocycles. The summed E-state index contributed by atoms with van der Waals surface area (Å²) in [6.07, 6.45) is 3.52. The van der Waals surface area contributed by atoms with Crippen molar-refractivity contribution in [1.82, 2.24) is 5.32 Å². The molecule has 1 aliphatic carbocycles. The third-order valence-electron chi connectivity index (χ3n) is 3.48. The lowest BCUT2D eigenvalue weighted by molar-refractivity contribution is 0.0874. The van der Waals surface area contributed by atoms with Crippen LogP contribution < -0.4 is 5.32 Å². The van der Waals surface area contributed by atoms with Crippen LogP contribution in [-0.4, -0.2) is 23.7 Å². The van der Waals surface area contributed by atoms with E-state index in [0.29, 0.717) is 23.0 Å². The van der Waals surface area contributed by atoms with Crippen molar-refractivity contribution in [2.24, 2.45) is 5.92 Å². The fourth-order valence-corrected chi connectivity index (χ4v) is 3.21. The summed E-state index contributed by atoms with van der Waals surface area (Å²) in [5, 5.41) is 12.9. The van der Waals surface area contributed by atoms with Gasteiger partial charge >= 0.3 is 0 Å². The number of hydrogen-bond donors (Lipinski definition) is 2. The zero-order valence-electron chi connectivity index (χ0n) is 10.5. The highest BCUT2D eigenvalue weighted by Crippen LogP contribution is 2.24. The quantitative estimate of drug-likeness (QED) is 0.881. The summed E-state index contributed by atoms with van der Waals surface area (Å²) < 4.78 is 0.851. The van der Waals surface area contributed by atoms with Gasteiger partial charge in [-0.25, -0.2) is 0 Å². The second-order valence-electron chi connectivity index (χ2n) is 5.02. The summed E-state index contributed by atoms with van der Waals surface area (Å²) in [5.41, 5.74) is 0.487. The minimum Gasteiger partial charge on any atom is -0.393 e. The Morgan fingerprint density at radius 2 is 2.26 bits per heavy atom. The molecule has 104 valence electrons. The standard InChI is InChI=1S/C14H17BrClNO2/c15-10-4-5-12(13(16)7-10)14(19)17-8-9-2-1-3-11(18)6-9/h4-5,7,9,11,18H,1-3,6,8H2,(H,17,19). The molecule has 0 radical (unpaired) electrons.